The number of anilines is 2. The van der Waals surface area contributed by atoms with Gasteiger partial charge in [0.05, 0.1) is 0 Å². The second-order valence-electron chi connectivity index (χ2n) is 7.03. The highest BCUT2D eigenvalue weighted by atomic mass is 16.1. The van der Waals surface area contributed by atoms with Crippen LogP contribution in [0.2, 0.25) is 0 Å². The molecule has 1 saturated carbocycles. The molecule has 1 N–H and O–H groups in total. The van der Waals surface area contributed by atoms with E-state index in [4.69, 9.17) is 0 Å². The van der Waals surface area contributed by atoms with E-state index in [0.29, 0.717) is 11.7 Å². The van der Waals surface area contributed by atoms with Crippen molar-refractivity contribution in [3.05, 3.63) is 48.4 Å². The molecule has 1 aromatic carbocycles. The van der Waals surface area contributed by atoms with E-state index >= 15 is 0 Å². The van der Waals surface area contributed by atoms with E-state index in [1.165, 1.54) is 24.9 Å². The number of nitrogens with zero attached hydrogens (tertiary/aromatic N) is 4. The van der Waals surface area contributed by atoms with Crippen LogP contribution < -0.4 is 15.1 Å². The lowest BCUT2D eigenvalue weighted by Gasteiger charge is -2.36. The van der Waals surface area contributed by atoms with E-state index < -0.39 is 0 Å². The third-order valence-electron chi connectivity index (χ3n) is 5.30. The second-order valence-corrected chi connectivity index (χ2v) is 7.03. The smallest absolute Gasteiger partial charge is 0.270 e. The summed E-state index contributed by atoms with van der Waals surface area (Å²) in [5.41, 5.74) is 1.72. The van der Waals surface area contributed by atoms with Crippen molar-refractivity contribution in [3.8, 4) is 0 Å². The third-order valence-corrected chi connectivity index (χ3v) is 5.30. The highest BCUT2D eigenvalue weighted by Crippen LogP contribution is 2.20. The van der Waals surface area contributed by atoms with Gasteiger partial charge in [-0.2, -0.15) is 0 Å². The van der Waals surface area contributed by atoms with Crippen LogP contribution in [0.3, 0.4) is 0 Å². The Kier molecular flexibility index (Phi) is 5.00. The molecule has 2 aliphatic rings. The van der Waals surface area contributed by atoms with Gasteiger partial charge in [0.15, 0.2) is 0 Å². The van der Waals surface area contributed by atoms with Crippen LogP contribution >= 0.6 is 0 Å². The van der Waals surface area contributed by atoms with Crippen molar-refractivity contribution in [1.82, 2.24) is 15.3 Å². The van der Waals surface area contributed by atoms with Crippen molar-refractivity contribution < 1.29 is 4.79 Å². The number of rotatable bonds is 4. The molecule has 2 fully saturated rings. The van der Waals surface area contributed by atoms with Crippen LogP contribution in [-0.4, -0.2) is 48.1 Å². The maximum Gasteiger partial charge on any atom is 0.270 e. The Morgan fingerprint density at radius 1 is 0.962 bits per heavy atom. The number of carbonyl (C=O) groups is 1. The molecule has 26 heavy (non-hydrogen) atoms. The molecule has 1 saturated heterocycles. The number of amides is 1. The molecular weight excluding hydrogens is 326 g/mol. The minimum atomic E-state index is -0.0801. The van der Waals surface area contributed by atoms with Gasteiger partial charge in [0.1, 0.15) is 17.8 Å². The lowest BCUT2D eigenvalue weighted by atomic mass is 10.2. The van der Waals surface area contributed by atoms with Crippen LogP contribution in [0.15, 0.2) is 42.7 Å². The topological polar surface area (TPSA) is 61.4 Å². The highest BCUT2D eigenvalue weighted by molar-refractivity contribution is 5.93. The number of benzene rings is 1. The molecule has 0 bridgehead atoms. The van der Waals surface area contributed by atoms with Gasteiger partial charge in [-0.1, -0.05) is 31.0 Å². The van der Waals surface area contributed by atoms with Gasteiger partial charge in [-0.3, -0.25) is 4.79 Å². The SMILES string of the molecule is O=C(NC1CCCC1)c1cc(N2CCN(c3ccccc3)CC2)ncn1. The average Bonchev–Trinajstić information content (AvgIpc) is 3.22. The van der Waals surface area contributed by atoms with Crippen LogP contribution in [0.25, 0.3) is 0 Å². The summed E-state index contributed by atoms with van der Waals surface area (Å²) in [6.45, 7) is 3.65. The summed E-state index contributed by atoms with van der Waals surface area (Å²) in [6, 6.07) is 12.6. The summed E-state index contributed by atoms with van der Waals surface area (Å²) in [5, 5.41) is 3.10. The summed E-state index contributed by atoms with van der Waals surface area (Å²) in [6.07, 6.45) is 6.05. The van der Waals surface area contributed by atoms with Gasteiger partial charge in [0.25, 0.3) is 5.91 Å². The number of para-hydroxylation sites is 1. The normalized spacial score (nSPS) is 18.2. The van der Waals surface area contributed by atoms with E-state index in [9.17, 15) is 4.79 Å². The zero-order valence-corrected chi connectivity index (χ0v) is 15.0. The van der Waals surface area contributed by atoms with Crippen molar-refractivity contribution in [2.75, 3.05) is 36.0 Å². The second kappa shape index (κ2) is 7.72. The fourth-order valence-corrected chi connectivity index (χ4v) is 3.81. The number of carbonyl (C=O) groups excluding carboxylic acids is 1. The van der Waals surface area contributed by atoms with Crippen molar-refractivity contribution in [3.63, 3.8) is 0 Å². The Balaban J connectivity index is 1.38. The summed E-state index contributed by atoms with van der Waals surface area (Å²) in [7, 11) is 0. The first kappa shape index (κ1) is 16.8. The molecule has 1 aromatic heterocycles. The quantitative estimate of drug-likeness (QED) is 0.917. The van der Waals surface area contributed by atoms with E-state index in [-0.39, 0.29) is 5.91 Å². The van der Waals surface area contributed by atoms with Gasteiger partial charge < -0.3 is 15.1 Å². The third kappa shape index (κ3) is 3.79. The van der Waals surface area contributed by atoms with Gasteiger partial charge in [-0.25, -0.2) is 9.97 Å². The van der Waals surface area contributed by atoms with E-state index in [2.05, 4.69) is 49.4 Å². The van der Waals surface area contributed by atoms with Gasteiger partial charge in [0, 0.05) is 44.0 Å². The zero-order chi connectivity index (χ0) is 17.8. The van der Waals surface area contributed by atoms with Gasteiger partial charge >= 0.3 is 0 Å². The van der Waals surface area contributed by atoms with Crippen molar-refractivity contribution >= 4 is 17.4 Å². The predicted molar refractivity (Wildman–Crippen MR) is 103 cm³/mol. The fourth-order valence-electron chi connectivity index (χ4n) is 3.81. The van der Waals surface area contributed by atoms with Gasteiger partial charge in [0.2, 0.25) is 0 Å². The molecule has 1 aliphatic heterocycles. The fraction of sp³-hybridized carbons (Fsp3) is 0.450. The predicted octanol–water partition coefficient (Wildman–Crippen LogP) is 2.48. The van der Waals surface area contributed by atoms with E-state index in [0.717, 1.165) is 44.8 Å². The molecule has 0 radical (unpaired) electrons. The van der Waals surface area contributed by atoms with Gasteiger partial charge in [-0.05, 0) is 25.0 Å². The van der Waals surface area contributed by atoms with Crippen LogP contribution in [0, 0.1) is 0 Å². The lowest BCUT2D eigenvalue weighted by molar-refractivity contribution is 0.0932. The van der Waals surface area contributed by atoms with E-state index in [1.54, 1.807) is 0 Å². The lowest BCUT2D eigenvalue weighted by Crippen LogP contribution is -2.47. The number of piperazine rings is 1. The molecule has 4 rings (SSSR count). The Labute approximate surface area is 154 Å². The molecule has 6 nitrogen and oxygen atoms in total. The molecule has 0 unspecified atom stereocenters. The summed E-state index contributed by atoms with van der Waals surface area (Å²) in [5.74, 6) is 0.757. The number of nitrogens with one attached hydrogen (secondary N) is 1. The van der Waals surface area contributed by atoms with Gasteiger partial charge in [-0.15, -0.1) is 0 Å². The van der Waals surface area contributed by atoms with Crippen LogP contribution in [0.5, 0.6) is 0 Å². The molecule has 2 heterocycles. The number of hydrogen-bond donors (Lipinski definition) is 1. The maximum absolute atomic E-state index is 12.4. The molecule has 2 aromatic rings. The number of aromatic nitrogens is 2. The Morgan fingerprint density at radius 2 is 1.65 bits per heavy atom. The highest BCUT2D eigenvalue weighted by Gasteiger charge is 2.21. The Bertz CT molecular complexity index is 737. The summed E-state index contributed by atoms with van der Waals surface area (Å²) in [4.78, 5) is 25.6. The first-order valence-electron chi connectivity index (χ1n) is 9.47. The van der Waals surface area contributed by atoms with Crippen molar-refractivity contribution in [2.45, 2.75) is 31.7 Å². The summed E-state index contributed by atoms with van der Waals surface area (Å²) >= 11 is 0. The average molecular weight is 351 g/mol. The minimum Gasteiger partial charge on any atom is -0.368 e. The molecule has 136 valence electrons. The maximum atomic E-state index is 12.4. The Morgan fingerprint density at radius 3 is 2.38 bits per heavy atom. The van der Waals surface area contributed by atoms with E-state index in [1.807, 2.05) is 12.1 Å². The monoisotopic (exact) mass is 351 g/mol. The molecule has 0 atom stereocenters. The summed E-state index contributed by atoms with van der Waals surface area (Å²) < 4.78 is 0. The first-order chi connectivity index (χ1) is 12.8. The molecule has 1 aliphatic carbocycles. The molecular formula is C20H25N5O. The van der Waals surface area contributed by atoms with Crippen molar-refractivity contribution in [1.29, 1.82) is 0 Å². The van der Waals surface area contributed by atoms with Crippen LogP contribution in [0.4, 0.5) is 11.5 Å². The molecule has 6 heteroatoms. The Hall–Kier alpha value is -2.63. The largest absolute Gasteiger partial charge is 0.368 e. The number of hydrogen-bond acceptors (Lipinski definition) is 5. The van der Waals surface area contributed by atoms with Crippen LogP contribution in [0.1, 0.15) is 36.2 Å². The first-order valence-corrected chi connectivity index (χ1v) is 9.47. The molecule has 1 amide bonds. The minimum absolute atomic E-state index is 0.0801. The zero-order valence-electron chi connectivity index (χ0n) is 15.0. The molecule has 0 spiro atoms. The standard InChI is InChI=1S/C20H25N5O/c26-20(23-16-6-4-5-7-16)18-14-19(22-15-21-18)25-12-10-24(11-13-25)17-8-2-1-3-9-17/h1-3,8-9,14-16H,4-7,10-13H2,(H,23,26). The van der Waals surface area contributed by atoms with Crippen LogP contribution in [-0.2, 0) is 0 Å². The van der Waals surface area contributed by atoms with Crippen molar-refractivity contribution in [2.24, 2.45) is 0 Å².